The summed E-state index contributed by atoms with van der Waals surface area (Å²) in [7, 11) is 1.55. The second-order valence-electron chi connectivity index (χ2n) is 5.98. The predicted molar refractivity (Wildman–Crippen MR) is 99.8 cm³/mol. The molecule has 1 saturated heterocycles. The summed E-state index contributed by atoms with van der Waals surface area (Å²) < 4.78 is 10.6. The molecule has 132 valence electrons. The molecule has 4 nitrogen and oxygen atoms in total. The fraction of sp³-hybridized carbons (Fsp3) is 0.316. The van der Waals surface area contributed by atoms with Crippen LogP contribution in [0.15, 0.2) is 42.5 Å². The van der Waals surface area contributed by atoms with Gasteiger partial charge in [0.15, 0.2) is 0 Å². The van der Waals surface area contributed by atoms with Crippen molar-refractivity contribution < 1.29 is 14.3 Å². The lowest BCUT2D eigenvalue weighted by atomic mass is 9.73. The van der Waals surface area contributed by atoms with Crippen molar-refractivity contribution in [2.75, 3.05) is 25.6 Å². The first kappa shape index (κ1) is 18.1. The first-order chi connectivity index (χ1) is 12.1. The highest BCUT2D eigenvalue weighted by Gasteiger charge is 2.43. The highest BCUT2D eigenvalue weighted by Crippen LogP contribution is 2.40. The van der Waals surface area contributed by atoms with Crippen molar-refractivity contribution in [2.24, 2.45) is 0 Å². The lowest BCUT2D eigenvalue weighted by Crippen LogP contribution is -2.45. The summed E-state index contributed by atoms with van der Waals surface area (Å²) in [5.41, 5.74) is 0.731. The highest BCUT2D eigenvalue weighted by molar-refractivity contribution is 6.32. The Bertz CT molecular complexity index is 773. The van der Waals surface area contributed by atoms with Crippen LogP contribution >= 0.6 is 23.2 Å². The maximum Gasteiger partial charge on any atom is 0.235 e. The first-order valence-corrected chi connectivity index (χ1v) is 8.80. The fourth-order valence-electron chi connectivity index (χ4n) is 3.18. The van der Waals surface area contributed by atoms with Crippen LogP contribution < -0.4 is 10.1 Å². The minimum Gasteiger partial charge on any atom is -0.495 e. The molecule has 25 heavy (non-hydrogen) atoms. The normalized spacial score (nSPS) is 16.3. The number of anilines is 1. The average Bonchev–Trinajstić information content (AvgIpc) is 2.63. The summed E-state index contributed by atoms with van der Waals surface area (Å²) in [6.45, 7) is 1.03. The molecule has 0 radical (unpaired) electrons. The summed E-state index contributed by atoms with van der Waals surface area (Å²) in [4.78, 5) is 13.2. The molecule has 1 aliphatic heterocycles. The third kappa shape index (κ3) is 3.61. The predicted octanol–water partition coefficient (Wildman–Crippen LogP) is 4.69. The molecular weight excluding hydrogens is 361 g/mol. The second-order valence-corrected chi connectivity index (χ2v) is 6.79. The lowest BCUT2D eigenvalue weighted by Gasteiger charge is -2.36. The highest BCUT2D eigenvalue weighted by atomic mass is 35.5. The van der Waals surface area contributed by atoms with Crippen LogP contribution in [-0.4, -0.2) is 26.2 Å². The number of rotatable bonds is 4. The van der Waals surface area contributed by atoms with Gasteiger partial charge >= 0.3 is 0 Å². The third-order valence-electron chi connectivity index (χ3n) is 4.58. The molecule has 0 aromatic heterocycles. The molecule has 1 aliphatic rings. The van der Waals surface area contributed by atoms with E-state index < -0.39 is 5.41 Å². The monoisotopic (exact) mass is 379 g/mol. The number of nitrogens with one attached hydrogen (secondary N) is 1. The molecule has 0 spiro atoms. The maximum atomic E-state index is 13.2. The molecule has 1 fully saturated rings. The van der Waals surface area contributed by atoms with Crippen LogP contribution in [0.3, 0.4) is 0 Å². The van der Waals surface area contributed by atoms with Crippen LogP contribution in [0.4, 0.5) is 5.69 Å². The maximum absolute atomic E-state index is 13.2. The van der Waals surface area contributed by atoms with Gasteiger partial charge in [-0.05, 0) is 42.7 Å². The Morgan fingerprint density at radius 2 is 1.84 bits per heavy atom. The van der Waals surface area contributed by atoms with Crippen LogP contribution in [0, 0.1) is 0 Å². The molecule has 2 aromatic rings. The number of halogens is 2. The Labute approximate surface area is 157 Å². The molecule has 0 atom stereocenters. The zero-order chi connectivity index (χ0) is 17.9. The molecule has 3 rings (SSSR count). The average molecular weight is 380 g/mol. The Morgan fingerprint density at radius 1 is 1.12 bits per heavy atom. The van der Waals surface area contributed by atoms with E-state index in [1.165, 1.54) is 0 Å². The molecular formula is C19H19Cl2NO3. The molecule has 0 saturated carbocycles. The van der Waals surface area contributed by atoms with Gasteiger partial charge in [0.25, 0.3) is 0 Å². The summed E-state index contributed by atoms with van der Waals surface area (Å²) >= 11 is 12.6. The van der Waals surface area contributed by atoms with Gasteiger partial charge in [-0.25, -0.2) is 0 Å². The number of carbonyl (C=O) groups excluding carboxylic acids is 1. The zero-order valence-corrected chi connectivity index (χ0v) is 15.4. The topological polar surface area (TPSA) is 47.6 Å². The number of hydrogen-bond acceptors (Lipinski definition) is 3. The first-order valence-electron chi connectivity index (χ1n) is 8.04. The van der Waals surface area contributed by atoms with Crippen LogP contribution in [0.2, 0.25) is 10.0 Å². The van der Waals surface area contributed by atoms with E-state index in [0.29, 0.717) is 47.5 Å². The van der Waals surface area contributed by atoms with Crippen molar-refractivity contribution in [2.45, 2.75) is 18.3 Å². The van der Waals surface area contributed by atoms with Crippen LogP contribution in [0.25, 0.3) is 0 Å². The van der Waals surface area contributed by atoms with Gasteiger partial charge in [0, 0.05) is 23.9 Å². The minimum absolute atomic E-state index is 0.106. The van der Waals surface area contributed by atoms with Crippen molar-refractivity contribution in [3.8, 4) is 5.75 Å². The van der Waals surface area contributed by atoms with E-state index in [9.17, 15) is 4.79 Å². The number of methoxy groups -OCH3 is 1. The van der Waals surface area contributed by atoms with Crippen molar-refractivity contribution in [3.05, 3.63) is 58.1 Å². The van der Waals surface area contributed by atoms with E-state index in [4.69, 9.17) is 32.7 Å². The Morgan fingerprint density at radius 3 is 2.48 bits per heavy atom. The van der Waals surface area contributed by atoms with Gasteiger partial charge in [0.05, 0.1) is 17.5 Å². The Hall–Kier alpha value is -1.75. The van der Waals surface area contributed by atoms with Crippen molar-refractivity contribution >= 4 is 34.8 Å². The van der Waals surface area contributed by atoms with Crippen LogP contribution in [0.5, 0.6) is 5.75 Å². The van der Waals surface area contributed by atoms with Gasteiger partial charge in [0.1, 0.15) is 5.75 Å². The molecule has 6 heteroatoms. The summed E-state index contributed by atoms with van der Waals surface area (Å²) in [6.07, 6.45) is 1.15. The molecule has 1 amide bonds. The van der Waals surface area contributed by atoms with E-state index >= 15 is 0 Å². The van der Waals surface area contributed by atoms with Crippen LogP contribution in [0.1, 0.15) is 18.4 Å². The molecule has 1 heterocycles. The fourth-order valence-corrected chi connectivity index (χ4v) is 3.76. The molecule has 0 bridgehead atoms. The molecule has 0 unspecified atom stereocenters. The van der Waals surface area contributed by atoms with Gasteiger partial charge in [-0.15, -0.1) is 0 Å². The molecule has 0 aliphatic carbocycles. The lowest BCUT2D eigenvalue weighted by molar-refractivity contribution is -0.125. The van der Waals surface area contributed by atoms with E-state index in [1.807, 2.05) is 24.3 Å². The minimum atomic E-state index is -0.719. The SMILES string of the molecule is COc1ccc(NC(=O)C2(c3ccccc3Cl)CCOCC2)cc1Cl. The quantitative estimate of drug-likeness (QED) is 0.837. The molecule has 2 aromatic carbocycles. The van der Waals surface area contributed by atoms with Gasteiger partial charge < -0.3 is 14.8 Å². The Balaban J connectivity index is 1.93. The van der Waals surface area contributed by atoms with E-state index in [-0.39, 0.29) is 5.91 Å². The number of amides is 1. The van der Waals surface area contributed by atoms with Crippen LogP contribution in [-0.2, 0) is 14.9 Å². The second kappa shape index (κ2) is 7.65. The number of hydrogen-bond donors (Lipinski definition) is 1. The van der Waals surface area contributed by atoms with E-state index in [2.05, 4.69) is 5.32 Å². The van der Waals surface area contributed by atoms with Gasteiger partial charge in [-0.3, -0.25) is 4.79 Å². The Kier molecular flexibility index (Phi) is 5.52. The summed E-state index contributed by atoms with van der Waals surface area (Å²) in [6, 6.07) is 12.7. The number of carbonyl (C=O) groups is 1. The largest absolute Gasteiger partial charge is 0.495 e. The number of ether oxygens (including phenoxy) is 2. The van der Waals surface area contributed by atoms with E-state index in [0.717, 1.165) is 5.56 Å². The third-order valence-corrected chi connectivity index (χ3v) is 5.21. The van der Waals surface area contributed by atoms with Gasteiger partial charge in [-0.2, -0.15) is 0 Å². The van der Waals surface area contributed by atoms with E-state index in [1.54, 1.807) is 25.3 Å². The number of benzene rings is 2. The standard InChI is InChI=1S/C19H19Cl2NO3/c1-24-17-7-6-13(12-16(17)21)22-18(23)19(8-10-25-11-9-19)14-4-2-3-5-15(14)20/h2-7,12H,8-11H2,1H3,(H,22,23). The van der Waals surface area contributed by atoms with Gasteiger partial charge in [0.2, 0.25) is 5.91 Å². The summed E-state index contributed by atoms with van der Waals surface area (Å²) in [5.74, 6) is 0.455. The van der Waals surface area contributed by atoms with Gasteiger partial charge in [-0.1, -0.05) is 41.4 Å². The van der Waals surface area contributed by atoms with Crippen molar-refractivity contribution in [1.82, 2.24) is 0 Å². The van der Waals surface area contributed by atoms with Crippen molar-refractivity contribution in [3.63, 3.8) is 0 Å². The summed E-state index contributed by atoms with van der Waals surface area (Å²) in [5, 5.41) is 4.01. The smallest absolute Gasteiger partial charge is 0.235 e. The van der Waals surface area contributed by atoms with Crippen molar-refractivity contribution in [1.29, 1.82) is 0 Å². The molecule has 1 N–H and O–H groups in total. The zero-order valence-electron chi connectivity index (χ0n) is 13.9.